The van der Waals surface area contributed by atoms with Crippen LogP contribution in [0.5, 0.6) is 5.75 Å². The first kappa shape index (κ1) is 11.9. The molecule has 0 amide bonds. The van der Waals surface area contributed by atoms with Crippen LogP contribution in [0.1, 0.15) is 5.82 Å². The Morgan fingerprint density at radius 2 is 2.00 bits per heavy atom. The van der Waals surface area contributed by atoms with Crippen molar-refractivity contribution in [2.75, 3.05) is 0 Å². The molecule has 0 spiro atoms. The van der Waals surface area contributed by atoms with Gasteiger partial charge in [0.15, 0.2) is 5.82 Å². The van der Waals surface area contributed by atoms with E-state index >= 15 is 0 Å². The molecule has 1 aromatic heterocycles. The van der Waals surface area contributed by atoms with E-state index in [1.54, 1.807) is 12.1 Å². The third-order valence-corrected chi connectivity index (χ3v) is 2.88. The van der Waals surface area contributed by atoms with Crippen LogP contribution in [0.4, 0.5) is 0 Å². The van der Waals surface area contributed by atoms with Gasteiger partial charge in [0, 0.05) is 10.7 Å². The van der Waals surface area contributed by atoms with Gasteiger partial charge >= 0.3 is 0 Å². The van der Waals surface area contributed by atoms with Crippen LogP contribution in [0.3, 0.4) is 0 Å². The second-order valence-electron chi connectivity index (χ2n) is 3.10. The molecule has 0 atom stereocenters. The van der Waals surface area contributed by atoms with E-state index in [9.17, 15) is 8.42 Å². The highest BCUT2D eigenvalue weighted by molar-refractivity contribution is 8.13. The van der Waals surface area contributed by atoms with E-state index in [-0.39, 0.29) is 12.4 Å². The lowest BCUT2D eigenvalue weighted by Gasteiger charge is -2.01. The van der Waals surface area contributed by atoms with E-state index in [2.05, 4.69) is 15.2 Å². The maximum absolute atomic E-state index is 10.9. The summed E-state index contributed by atoms with van der Waals surface area (Å²) >= 11 is 0. The summed E-state index contributed by atoms with van der Waals surface area (Å²) in [7, 11) is 1.17. The van der Waals surface area contributed by atoms with Crippen molar-refractivity contribution in [2.45, 2.75) is 11.8 Å². The minimum absolute atomic E-state index is 0.0867. The van der Waals surface area contributed by atoms with Crippen molar-refractivity contribution < 1.29 is 13.2 Å². The number of rotatable bonds is 4. The Balaban J connectivity index is 2.04. The van der Waals surface area contributed by atoms with E-state index in [1.165, 1.54) is 0 Å². The fourth-order valence-electron chi connectivity index (χ4n) is 1.12. The Bertz CT molecular complexity index is 597. The van der Waals surface area contributed by atoms with Crippen LogP contribution in [0.15, 0.2) is 35.5 Å². The van der Waals surface area contributed by atoms with Gasteiger partial charge in [0.05, 0.1) is 0 Å². The average molecular weight is 274 g/mol. The molecule has 0 unspecified atom stereocenters. The summed E-state index contributed by atoms with van der Waals surface area (Å²) in [6, 6.07) is 9.05. The summed E-state index contributed by atoms with van der Waals surface area (Å²) in [5.41, 5.74) is 0. The first-order valence-electron chi connectivity index (χ1n) is 4.59. The van der Waals surface area contributed by atoms with Crippen molar-refractivity contribution in [2.24, 2.45) is 0 Å². The molecule has 0 bridgehead atoms. The Morgan fingerprint density at radius 3 is 2.59 bits per heavy atom. The quantitative estimate of drug-likeness (QED) is 0.849. The van der Waals surface area contributed by atoms with Gasteiger partial charge in [-0.05, 0) is 12.1 Å². The maximum atomic E-state index is 10.9. The number of nitrogens with zero attached hydrogens (tertiary/aromatic N) is 2. The van der Waals surface area contributed by atoms with Crippen LogP contribution >= 0.6 is 10.7 Å². The van der Waals surface area contributed by atoms with E-state index < -0.39 is 14.2 Å². The maximum Gasteiger partial charge on any atom is 0.298 e. The SMILES string of the molecule is O=S(=O)(Cl)c1n[nH]c(COc2ccccc2)n1. The van der Waals surface area contributed by atoms with Gasteiger partial charge in [-0.3, -0.25) is 5.10 Å². The summed E-state index contributed by atoms with van der Waals surface area (Å²) in [5.74, 6) is 0.937. The van der Waals surface area contributed by atoms with Crippen LogP contribution in [-0.2, 0) is 15.7 Å². The lowest BCUT2D eigenvalue weighted by Crippen LogP contribution is -1.98. The van der Waals surface area contributed by atoms with E-state index in [0.717, 1.165) is 0 Å². The van der Waals surface area contributed by atoms with Crippen molar-refractivity contribution in [1.82, 2.24) is 15.2 Å². The lowest BCUT2D eigenvalue weighted by atomic mass is 10.3. The number of aromatic nitrogens is 3. The van der Waals surface area contributed by atoms with Crippen molar-refractivity contribution >= 4 is 19.7 Å². The minimum atomic E-state index is -3.90. The predicted molar refractivity (Wildman–Crippen MR) is 60.2 cm³/mol. The summed E-state index contributed by atoms with van der Waals surface area (Å²) in [5, 5.41) is 5.44. The number of hydrogen-bond acceptors (Lipinski definition) is 5. The Labute approximate surface area is 102 Å². The lowest BCUT2D eigenvalue weighted by molar-refractivity contribution is 0.296. The molecule has 1 aromatic carbocycles. The molecule has 0 aliphatic rings. The van der Waals surface area contributed by atoms with Gasteiger partial charge in [-0.15, -0.1) is 5.10 Å². The average Bonchev–Trinajstić information content (AvgIpc) is 2.76. The molecule has 0 aliphatic heterocycles. The second kappa shape index (κ2) is 4.72. The van der Waals surface area contributed by atoms with Crippen molar-refractivity contribution in [3.63, 3.8) is 0 Å². The van der Waals surface area contributed by atoms with Crippen molar-refractivity contribution in [1.29, 1.82) is 0 Å². The molecule has 0 saturated carbocycles. The minimum Gasteiger partial charge on any atom is -0.486 e. The second-order valence-corrected chi connectivity index (χ2v) is 5.56. The standard InChI is InChI=1S/C9H8ClN3O3S/c10-17(14,15)9-11-8(12-13-9)6-16-7-4-2-1-3-5-7/h1-5H,6H2,(H,11,12,13). The molecule has 1 heterocycles. The molecule has 2 rings (SSSR count). The molecule has 6 nitrogen and oxygen atoms in total. The molecule has 8 heteroatoms. The monoisotopic (exact) mass is 273 g/mol. The molecular formula is C9H8ClN3O3S. The van der Waals surface area contributed by atoms with Crippen LogP contribution in [0.2, 0.25) is 0 Å². The number of para-hydroxylation sites is 1. The highest BCUT2D eigenvalue weighted by atomic mass is 35.7. The molecule has 1 N–H and O–H groups in total. The molecule has 0 fully saturated rings. The van der Waals surface area contributed by atoms with E-state index in [4.69, 9.17) is 15.4 Å². The fraction of sp³-hybridized carbons (Fsp3) is 0.111. The zero-order valence-corrected chi connectivity index (χ0v) is 10.1. The number of aromatic amines is 1. The molecule has 0 aliphatic carbocycles. The third-order valence-electron chi connectivity index (χ3n) is 1.85. The number of benzene rings is 1. The number of ether oxygens (including phenoxy) is 1. The first-order valence-corrected chi connectivity index (χ1v) is 6.90. The van der Waals surface area contributed by atoms with Gasteiger partial charge in [0.2, 0.25) is 0 Å². The molecule has 0 saturated heterocycles. The van der Waals surface area contributed by atoms with Crippen LogP contribution < -0.4 is 4.74 Å². The summed E-state index contributed by atoms with van der Waals surface area (Å²) in [6.07, 6.45) is 0. The largest absolute Gasteiger partial charge is 0.486 e. The highest BCUT2D eigenvalue weighted by Crippen LogP contribution is 2.12. The van der Waals surface area contributed by atoms with Gasteiger partial charge in [0.25, 0.3) is 14.2 Å². The number of halogens is 1. The van der Waals surface area contributed by atoms with E-state index in [1.807, 2.05) is 18.2 Å². The fourth-order valence-corrected chi connectivity index (χ4v) is 1.70. The predicted octanol–water partition coefficient (Wildman–Crippen LogP) is 1.31. The molecule has 0 radical (unpaired) electrons. The molecule has 90 valence electrons. The van der Waals surface area contributed by atoms with Gasteiger partial charge in [0.1, 0.15) is 12.4 Å². The van der Waals surface area contributed by atoms with Crippen LogP contribution in [0.25, 0.3) is 0 Å². The van der Waals surface area contributed by atoms with Gasteiger partial charge in [-0.25, -0.2) is 8.42 Å². The Hall–Kier alpha value is -1.60. The zero-order chi connectivity index (χ0) is 12.3. The molecule has 17 heavy (non-hydrogen) atoms. The van der Waals surface area contributed by atoms with Gasteiger partial charge in [-0.1, -0.05) is 18.2 Å². The third kappa shape index (κ3) is 3.18. The summed E-state index contributed by atoms with van der Waals surface area (Å²) in [4.78, 5) is 3.69. The first-order chi connectivity index (χ1) is 8.05. The number of nitrogens with one attached hydrogen (secondary N) is 1. The number of H-pyrrole nitrogens is 1. The van der Waals surface area contributed by atoms with E-state index in [0.29, 0.717) is 5.75 Å². The van der Waals surface area contributed by atoms with Crippen molar-refractivity contribution in [3.05, 3.63) is 36.2 Å². The Kier molecular flexibility index (Phi) is 3.30. The molecule has 2 aromatic rings. The van der Waals surface area contributed by atoms with Crippen LogP contribution in [0, 0.1) is 0 Å². The topological polar surface area (TPSA) is 84.9 Å². The summed E-state index contributed by atoms with van der Waals surface area (Å²) in [6.45, 7) is 0.0867. The van der Waals surface area contributed by atoms with Crippen molar-refractivity contribution in [3.8, 4) is 5.75 Å². The summed E-state index contributed by atoms with van der Waals surface area (Å²) < 4.78 is 27.1. The zero-order valence-electron chi connectivity index (χ0n) is 8.50. The molecular weight excluding hydrogens is 266 g/mol. The van der Waals surface area contributed by atoms with Gasteiger partial charge in [-0.2, -0.15) is 4.98 Å². The number of hydrogen-bond donors (Lipinski definition) is 1. The van der Waals surface area contributed by atoms with Gasteiger partial charge < -0.3 is 4.74 Å². The Morgan fingerprint density at radius 1 is 1.29 bits per heavy atom. The smallest absolute Gasteiger partial charge is 0.298 e. The highest BCUT2D eigenvalue weighted by Gasteiger charge is 2.16. The normalized spacial score (nSPS) is 11.4. The van der Waals surface area contributed by atoms with Crippen LogP contribution in [-0.4, -0.2) is 23.6 Å².